The highest BCUT2D eigenvalue weighted by molar-refractivity contribution is 5.06. The van der Waals surface area contributed by atoms with Crippen LogP contribution in [0.25, 0.3) is 0 Å². The van der Waals surface area contributed by atoms with Crippen LogP contribution in [0.2, 0.25) is 0 Å². The van der Waals surface area contributed by atoms with Crippen LogP contribution in [-0.2, 0) is 4.74 Å². The van der Waals surface area contributed by atoms with Crippen molar-refractivity contribution >= 4 is 0 Å². The monoisotopic (exact) mass is 264 g/mol. The lowest BCUT2D eigenvalue weighted by atomic mass is 9.61. The van der Waals surface area contributed by atoms with Gasteiger partial charge in [0.2, 0.25) is 0 Å². The van der Waals surface area contributed by atoms with Gasteiger partial charge in [-0.25, -0.2) is 0 Å². The maximum absolute atomic E-state index is 6.31. The van der Waals surface area contributed by atoms with Crippen LogP contribution >= 0.6 is 0 Å². The fraction of sp³-hybridized carbons (Fsp3) is 1.00. The van der Waals surface area contributed by atoms with E-state index < -0.39 is 0 Å². The van der Waals surface area contributed by atoms with E-state index in [2.05, 4.69) is 17.6 Å². The summed E-state index contributed by atoms with van der Waals surface area (Å²) in [6.45, 7) is 5.83. The van der Waals surface area contributed by atoms with Crippen LogP contribution in [0.3, 0.4) is 0 Å². The Morgan fingerprint density at radius 1 is 1.21 bits per heavy atom. The van der Waals surface area contributed by atoms with Gasteiger partial charge in [-0.2, -0.15) is 0 Å². The zero-order chi connectivity index (χ0) is 12.9. The molecule has 2 spiro atoms. The molecule has 4 aliphatic rings. The van der Waals surface area contributed by atoms with Crippen molar-refractivity contribution in [3.63, 3.8) is 0 Å². The summed E-state index contributed by atoms with van der Waals surface area (Å²) in [4.78, 5) is 0. The van der Waals surface area contributed by atoms with Crippen LogP contribution in [0.1, 0.15) is 51.9 Å². The average Bonchev–Trinajstić information content (AvgIpc) is 3.06. The lowest BCUT2D eigenvalue weighted by Gasteiger charge is -2.53. The molecule has 2 atom stereocenters. The second-order valence-electron chi connectivity index (χ2n) is 7.87. The van der Waals surface area contributed by atoms with Gasteiger partial charge in [-0.05, 0) is 63.3 Å². The Labute approximate surface area is 116 Å². The molecule has 2 heterocycles. The number of hydrogen-bond donors (Lipinski definition) is 2. The van der Waals surface area contributed by atoms with Gasteiger partial charge >= 0.3 is 0 Å². The normalized spacial score (nSPS) is 48.2. The molecule has 0 radical (unpaired) electrons. The van der Waals surface area contributed by atoms with Crippen LogP contribution in [0, 0.1) is 11.8 Å². The first kappa shape index (κ1) is 12.6. The second-order valence-corrected chi connectivity index (χ2v) is 7.87. The molecule has 19 heavy (non-hydrogen) atoms. The quantitative estimate of drug-likeness (QED) is 0.801. The SMILES string of the molecule is CC1CCNC2(C1)CC(CC1CNCC3(CC3)O1)C2. The van der Waals surface area contributed by atoms with Crippen molar-refractivity contribution < 1.29 is 4.74 Å². The van der Waals surface area contributed by atoms with Crippen LogP contribution in [0.15, 0.2) is 0 Å². The summed E-state index contributed by atoms with van der Waals surface area (Å²) in [5.41, 5.74) is 0.781. The van der Waals surface area contributed by atoms with Crippen molar-refractivity contribution in [1.82, 2.24) is 10.6 Å². The molecule has 3 nitrogen and oxygen atoms in total. The topological polar surface area (TPSA) is 33.3 Å². The van der Waals surface area contributed by atoms with E-state index in [0.29, 0.717) is 11.6 Å². The third-order valence-electron chi connectivity index (χ3n) is 5.87. The Morgan fingerprint density at radius 2 is 2.05 bits per heavy atom. The first-order valence-corrected chi connectivity index (χ1v) is 8.31. The zero-order valence-electron chi connectivity index (χ0n) is 12.2. The van der Waals surface area contributed by atoms with Gasteiger partial charge in [0.25, 0.3) is 0 Å². The van der Waals surface area contributed by atoms with Crippen molar-refractivity contribution in [3.05, 3.63) is 0 Å². The third kappa shape index (κ3) is 2.45. The summed E-state index contributed by atoms with van der Waals surface area (Å²) >= 11 is 0. The number of morpholine rings is 1. The Kier molecular flexibility index (Phi) is 2.95. The lowest BCUT2D eigenvalue weighted by Crippen LogP contribution is -2.60. The first-order chi connectivity index (χ1) is 9.17. The summed E-state index contributed by atoms with van der Waals surface area (Å²) < 4.78 is 6.31. The zero-order valence-corrected chi connectivity index (χ0v) is 12.2. The van der Waals surface area contributed by atoms with Gasteiger partial charge in [0.1, 0.15) is 0 Å². The molecule has 2 N–H and O–H groups in total. The number of rotatable bonds is 2. The molecule has 0 bridgehead atoms. The van der Waals surface area contributed by atoms with Gasteiger partial charge in [0.05, 0.1) is 11.7 Å². The van der Waals surface area contributed by atoms with E-state index in [1.165, 1.54) is 51.5 Å². The largest absolute Gasteiger partial charge is 0.369 e. The third-order valence-corrected chi connectivity index (χ3v) is 5.87. The predicted molar refractivity (Wildman–Crippen MR) is 76.2 cm³/mol. The molecule has 0 aromatic carbocycles. The van der Waals surface area contributed by atoms with Crippen molar-refractivity contribution in [2.75, 3.05) is 19.6 Å². The molecular formula is C16H28N2O. The first-order valence-electron chi connectivity index (χ1n) is 8.31. The Bertz CT molecular complexity index is 347. The molecular weight excluding hydrogens is 236 g/mol. The molecule has 0 aromatic heterocycles. The number of nitrogens with one attached hydrogen (secondary N) is 2. The molecule has 2 unspecified atom stereocenters. The van der Waals surface area contributed by atoms with Crippen LogP contribution in [0.4, 0.5) is 0 Å². The molecule has 2 saturated heterocycles. The smallest absolute Gasteiger partial charge is 0.0812 e. The van der Waals surface area contributed by atoms with Crippen molar-refractivity contribution in [2.45, 2.75) is 69.1 Å². The molecule has 4 fully saturated rings. The molecule has 3 heteroatoms. The molecule has 108 valence electrons. The van der Waals surface area contributed by atoms with Gasteiger partial charge in [-0.1, -0.05) is 6.92 Å². The number of piperidine rings is 1. The van der Waals surface area contributed by atoms with Gasteiger partial charge < -0.3 is 15.4 Å². The van der Waals surface area contributed by atoms with Crippen molar-refractivity contribution in [2.24, 2.45) is 11.8 Å². The summed E-state index contributed by atoms with van der Waals surface area (Å²) in [7, 11) is 0. The van der Waals surface area contributed by atoms with E-state index in [0.717, 1.165) is 24.9 Å². The predicted octanol–water partition coefficient (Wildman–Crippen LogP) is 2.07. The summed E-state index contributed by atoms with van der Waals surface area (Å²) in [5, 5.41) is 7.38. The van der Waals surface area contributed by atoms with E-state index in [4.69, 9.17) is 4.74 Å². The molecule has 2 aliphatic heterocycles. The summed E-state index contributed by atoms with van der Waals surface area (Å²) in [5.74, 6) is 1.82. The Morgan fingerprint density at radius 3 is 2.79 bits per heavy atom. The van der Waals surface area contributed by atoms with Crippen LogP contribution < -0.4 is 10.6 Å². The highest BCUT2D eigenvalue weighted by Gasteiger charge is 2.50. The maximum atomic E-state index is 6.31. The van der Waals surface area contributed by atoms with E-state index in [-0.39, 0.29) is 5.60 Å². The van der Waals surface area contributed by atoms with Gasteiger partial charge in [0.15, 0.2) is 0 Å². The molecule has 2 saturated carbocycles. The minimum atomic E-state index is 0.266. The summed E-state index contributed by atoms with van der Waals surface area (Å²) in [6.07, 6.45) is 9.89. The molecule has 0 aromatic rings. The fourth-order valence-corrected chi connectivity index (χ4v) is 4.78. The Hall–Kier alpha value is -0.120. The molecule has 4 rings (SSSR count). The van der Waals surface area contributed by atoms with Gasteiger partial charge in [0, 0.05) is 18.6 Å². The average molecular weight is 264 g/mol. The standard InChI is InChI=1S/C16H28N2O/c1-12-2-5-18-15(7-12)8-13(9-15)6-14-10-17-11-16(19-14)3-4-16/h12-14,17-18H,2-11H2,1H3. The highest BCUT2D eigenvalue weighted by Crippen LogP contribution is 2.48. The minimum Gasteiger partial charge on any atom is -0.369 e. The fourth-order valence-electron chi connectivity index (χ4n) is 4.78. The van der Waals surface area contributed by atoms with Crippen LogP contribution in [0.5, 0.6) is 0 Å². The van der Waals surface area contributed by atoms with E-state index in [1.807, 2.05) is 0 Å². The van der Waals surface area contributed by atoms with Crippen molar-refractivity contribution in [1.29, 1.82) is 0 Å². The van der Waals surface area contributed by atoms with Crippen LogP contribution in [-0.4, -0.2) is 36.9 Å². The van der Waals surface area contributed by atoms with Crippen molar-refractivity contribution in [3.8, 4) is 0 Å². The maximum Gasteiger partial charge on any atom is 0.0812 e. The van der Waals surface area contributed by atoms with E-state index >= 15 is 0 Å². The Balaban J connectivity index is 1.27. The molecule has 0 amide bonds. The summed E-state index contributed by atoms with van der Waals surface area (Å²) in [6, 6.07) is 0. The van der Waals surface area contributed by atoms with Gasteiger partial charge in [-0.3, -0.25) is 0 Å². The minimum absolute atomic E-state index is 0.266. The van der Waals surface area contributed by atoms with E-state index in [9.17, 15) is 0 Å². The van der Waals surface area contributed by atoms with Gasteiger partial charge in [-0.15, -0.1) is 0 Å². The second kappa shape index (κ2) is 4.44. The van der Waals surface area contributed by atoms with E-state index in [1.54, 1.807) is 0 Å². The number of hydrogen-bond acceptors (Lipinski definition) is 3. The lowest BCUT2D eigenvalue weighted by molar-refractivity contribution is -0.0781. The number of ether oxygens (including phenoxy) is 1. The molecule has 2 aliphatic carbocycles. The highest BCUT2D eigenvalue weighted by atomic mass is 16.5.